The van der Waals surface area contributed by atoms with Crippen molar-refractivity contribution in [2.24, 2.45) is 0 Å². The first-order chi connectivity index (χ1) is 8.66. The van der Waals surface area contributed by atoms with Gasteiger partial charge in [-0.3, -0.25) is 4.79 Å². The highest BCUT2D eigenvalue weighted by Crippen LogP contribution is 2.25. The summed E-state index contributed by atoms with van der Waals surface area (Å²) in [5, 5.41) is 9.24. The van der Waals surface area contributed by atoms with Gasteiger partial charge in [-0.25, -0.2) is 9.97 Å². The maximum atomic E-state index is 10.5. The topological polar surface area (TPSA) is 63.1 Å². The molecule has 0 bridgehead atoms. The summed E-state index contributed by atoms with van der Waals surface area (Å²) in [6.07, 6.45) is 1.95. The number of hydrogen-bond donors (Lipinski definition) is 1. The zero-order chi connectivity index (χ0) is 13.0. The third-order valence-corrected chi connectivity index (χ3v) is 2.75. The van der Waals surface area contributed by atoms with E-state index in [4.69, 9.17) is 16.7 Å². The lowest BCUT2D eigenvalue weighted by molar-refractivity contribution is -0.137. The van der Waals surface area contributed by atoms with Crippen LogP contribution in [0.15, 0.2) is 36.5 Å². The fourth-order valence-electron chi connectivity index (χ4n) is 1.56. The van der Waals surface area contributed by atoms with E-state index in [-0.39, 0.29) is 6.42 Å². The third kappa shape index (κ3) is 3.05. The van der Waals surface area contributed by atoms with Crippen LogP contribution in [0.1, 0.15) is 12.2 Å². The summed E-state index contributed by atoms with van der Waals surface area (Å²) in [4.78, 5) is 18.9. The van der Waals surface area contributed by atoms with Crippen LogP contribution in [-0.2, 0) is 11.2 Å². The van der Waals surface area contributed by atoms with Crippen LogP contribution in [-0.4, -0.2) is 21.0 Å². The number of carbonyl (C=O) groups is 1. The molecule has 0 radical (unpaired) electrons. The van der Waals surface area contributed by atoms with Gasteiger partial charge in [0.05, 0.1) is 12.1 Å². The summed E-state index contributed by atoms with van der Waals surface area (Å²) in [6, 6.07) is 9.13. The second-order valence-corrected chi connectivity index (χ2v) is 4.14. The van der Waals surface area contributed by atoms with Gasteiger partial charge in [-0.1, -0.05) is 29.8 Å². The molecule has 5 heteroatoms. The number of aliphatic carboxylic acids is 1. The minimum absolute atomic E-state index is 0.0198. The normalized spacial score (nSPS) is 10.3. The molecule has 0 spiro atoms. The van der Waals surface area contributed by atoms with Crippen LogP contribution in [0.5, 0.6) is 0 Å². The van der Waals surface area contributed by atoms with Gasteiger partial charge in [-0.05, 0) is 12.1 Å². The van der Waals surface area contributed by atoms with Gasteiger partial charge < -0.3 is 5.11 Å². The van der Waals surface area contributed by atoms with Crippen LogP contribution in [0, 0.1) is 0 Å². The lowest BCUT2D eigenvalue weighted by Crippen LogP contribution is -2.02. The molecule has 0 saturated heterocycles. The first-order valence-electron chi connectivity index (χ1n) is 5.45. The van der Waals surface area contributed by atoms with Gasteiger partial charge >= 0.3 is 5.97 Å². The number of nitrogens with zero attached hydrogens (tertiary/aromatic N) is 2. The Kier molecular flexibility index (Phi) is 3.89. The predicted octanol–water partition coefficient (Wildman–Crippen LogP) is 2.81. The number of rotatable bonds is 4. The van der Waals surface area contributed by atoms with Crippen molar-refractivity contribution >= 4 is 17.6 Å². The molecule has 0 aliphatic rings. The Labute approximate surface area is 109 Å². The average molecular weight is 263 g/mol. The van der Waals surface area contributed by atoms with Crippen molar-refractivity contribution in [3.8, 4) is 11.3 Å². The monoisotopic (exact) mass is 262 g/mol. The molecular weight excluding hydrogens is 252 g/mol. The number of aromatic nitrogens is 2. The van der Waals surface area contributed by atoms with Crippen LogP contribution in [0.25, 0.3) is 11.3 Å². The Morgan fingerprint density at radius 2 is 2.06 bits per heavy atom. The van der Waals surface area contributed by atoms with E-state index in [0.717, 1.165) is 5.56 Å². The lowest BCUT2D eigenvalue weighted by Gasteiger charge is -2.04. The van der Waals surface area contributed by atoms with Crippen LogP contribution in [0.2, 0.25) is 5.02 Å². The summed E-state index contributed by atoms with van der Waals surface area (Å²) in [6.45, 7) is 0. The van der Waals surface area contributed by atoms with Gasteiger partial charge in [-0.15, -0.1) is 0 Å². The molecule has 0 unspecified atom stereocenters. The van der Waals surface area contributed by atoms with E-state index in [1.807, 2.05) is 18.2 Å². The predicted molar refractivity (Wildman–Crippen MR) is 68.4 cm³/mol. The van der Waals surface area contributed by atoms with Crippen molar-refractivity contribution in [1.82, 2.24) is 9.97 Å². The maximum absolute atomic E-state index is 10.5. The van der Waals surface area contributed by atoms with E-state index in [1.54, 1.807) is 18.3 Å². The van der Waals surface area contributed by atoms with Crippen molar-refractivity contribution in [2.45, 2.75) is 12.8 Å². The SMILES string of the molecule is O=C(O)CCc1nccc(-c2ccccc2Cl)n1. The van der Waals surface area contributed by atoms with Gasteiger partial charge in [-0.2, -0.15) is 0 Å². The van der Waals surface area contributed by atoms with E-state index >= 15 is 0 Å². The van der Waals surface area contributed by atoms with Crippen LogP contribution >= 0.6 is 11.6 Å². The van der Waals surface area contributed by atoms with Gasteiger partial charge in [0.25, 0.3) is 0 Å². The quantitative estimate of drug-likeness (QED) is 0.920. The van der Waals surface area contributed by atoms with E-state index in [2.05, 4.69) is 9.97 Å². The van der Waals surface area contributed by atoms with Crippen LogP contribution in [0.3, 0.4) is 0 Å². The molecular formula is C13H11ClN2O2. The third-order valence-electron chi connectivity index (χ3n) is 2.42. The highest BCUT2D eigenvalue weighted by Gasteiger charge is 2.07. The number of benzene rings is 1. The Bertz CT molecular complexity index is 572. The maximum Gasteiger partial charge on any atom is 0.303 e. The van der Waals surface area contributed by atoms with Gasteiger partial charge in [0, 0.05) is 23.2 Å². The minimum Gasteiger partial charge on any atom is -0.481 e. The summed E-state index contributed by atoms with van der Waals surface area (Å²) >= 11 is 6.08. The molecule has 1 N–H and O–H groups in total. The molecule has 0 amide bonds. The number of carboxylic acids is 1. The Morgan fingerprint density at radius 1 is 1.28 bits per heavy atom. The summed E-state index contributed by atoms with van der Waals surface area (Å²) in [5.41, 5.74) is 1.52. The molecule has 1 aromatic heterocycles. The summed E-state index contributed by atoms with van der Waals surface area (Å²) in [5.74, 6) is -0.350. The first kappa shape index (κ1) is 12.5. The fraction of sp³-hybridized carbons (Fsp3) is 0.154. The van der Waals surface area contributed by atoms with Crippen molar-refractivity contribution in [2.75, 3.05) is 0 Å². The van der Waals surface area contributed by atoms with Crippen LogP contribution in [0.4, 0.5) is 0 Å². The molecule has 0 atom stereocenters. The Hall–Kier alpha value is -1.94. The van der Waals surface area contributed by atoms with Crippen molar-refractivity contribution in [1.29, 1.82) is 0 Å². The smallest absolute Gasteiger partial charge is 0.303 e. The summed E-state index contributed by atoms with van der Waals surface area (Å²) < 4.78 is 0. The van der Waals surface area contributed by atoms with E-state index in [9.17, 15) is 4.79 Å². The minimum atomic E-state index is -0.859. The number of halogens is 1. The Morgan fingerprint density at radius 3 is 2.78 bits per heavy atom. The second-order valence-electron chi connectivity index (χ2n) is 3.73. The van der Waals surface area contributed by atoms with Crippen molar-refractivity contribution < 1.29 is 9.90 Å². The van der Waals surface area contributed by atoms with E-state index < -0.39 is 5.97 Å². The molecule has 4 nitrogen and oxygen atoms in total. The lowest BCUT2D eigenvalue weighted by atomic mass is 10.1. The molecule has 1 aromatic carbocycles. The van der Waals surface area contributed by atoms with E-state index in [0.29, 0.717) is 23.0 Å². The first-order valence-corrected chi connectivity index (χ1v) is 5.83. The fourth-order valence-corrected chi connectivity index (χ4v) is 1.79. The number of hydrogen-bond acceptors (Lipinski definition) is 3. The molecule has 0 aliphatic carbocycles. The Balaban J connectivity index is 2.27. The van der Waals surface area contributed by atoms with Crippen LogP contribution < -0.4 is 0 Å². The largest absolute Gasteiger partial charge is 0.481 e. The number of aryl methyl sites for hydroxylation is 1. The zero-order valence-electron chi connectivity index (χ0n) is 9.51. The van der Waals surface area contributed by atoms with Crippen molar-refractivity contribution in [3.63, 3.8) is 0 Å². The molecule has 2 rings (SSSR count). The van der Waals surface area contributed by atoms with Gasteiger partial charge in [0.15, 0.2) is 0 Å². The molecule has 0 fully saturated rings. The summed E-state index contributed by atoms with van der Waals surface area (Å²) in [7, 11) is 0. The highest BCUT2D eigenvalue weighted by molar-refractivity contribution is 6.33. The van der Waals surface area contributed by atoms with Crippen molar-refractivity contribution in [3.05, 3.63) is 47.4 Å². The number of carboxylic acid groups (broad SMARTS) is 1. The standard InChI is InChI=1S/C13H11ClN2O2/c14-10-4-2-1-3-9(10)11-7-8-15-12(16-11)5-6-13(17)18/h1-4,7-8H,5-6H2,(H,17,18). The molecule has 18 heavy (non-hydrogen) atoms. The molecule has 1 heterocycles. The molecule has 92 valence electrons. The van der Waals surface area contributed by atoms with Gasteiger partial charge in [0.2, 0.25) is 0 Å². The average Bonchev–Trinajstić information content (AvgIpc) is 2.37. The van der Waals surface area contributed by atoms with Gasteiger partial charge in [0.1, 0.15) is 5.82 Å². The molecule has 2 aromatic rings. The van der Waals surface area contributed by atoms with E-state index in [1.165, 1.54) is 0 Å². The molecule has 0 saturated carbocycles. The second kappa shape index (κ2) is 5.60. The molecule has 0 aliphatic heterocycles. The zero-order valence-corrected chi connectivity index (χ0v) is 10.3. The highest BCUT2D eigenvalue weighted by atomic mass is 35.5.